The number of alkyl halides is 3. The quantitative estimate of drug-likeness (QED) is 0.490. The number of rotatable bonds is 4. The van der Waals surface area contributed by atoms with Crippen LogP contribution in [-0.4, -0.2) is 53.4 Å². The largest absolute Gasteiger partial charge is 0.453 e. The summed E-state index contributed by atoms with van der Waals surface area (Å²) in [6.45, 7) is 4.49. The fourth-order valence-corrected chi connectivity index (χ4v) is 4.44. The van der Waals surface area contributed by atoms with E-state index in [0.29, 0.717) is 36.5 Å². The lowest BCUT2D eigenvalue weighted by Gasteiger charge is -2.26. The molecule has 11 heteroatoms. The van der Waals surface area contributed by atoms with E-state index >= 15 is 0 Å². The summed E-state index contributed by atoms with van der Waals surface area (Å²) in [6.07, 6.45) is 2.44. The topological polar surface area (TPSA) is 92.1 Å². The molecule has 5 heterocycles. The molecule has 0 bridgehead atoms. The summed E-state index contributed by atoms with van der Waals surface area (Å²) < 4.78 is 40.1. The SMILES string of the molecule is Cc1nc2nc(C(F)(F)F)nn2c(C)c1CCC(=O)N1CC=C(c2c[nH]c3ncccc23)CC1. The number of pyridine rings is 1. The van der Waals surface area contributed by atoms with Gasteiger partial charge in [-0.3, -0.25) is 4.79 Å². The number of amides is 1. The van der Waals surface area contributed by atoms with E-state index in [1.807, 2.05) is 18.3 Å². The summed E-state index contributed by atoms with van der Waals surface area (Å²) in [5.74, 6) is -1.33. The number of aryl methyl sites for hydroxylation is 2. The van der Waals surface area contributed by atoms with E-state index in [1.54, 1.807) is 24.9 Å². The maximum Gasteiger partial charge on any atom is 0.453 e. The summed E-state index contributed by atoms with van der Waals surface area (Å²) in [5.41, 5.74) is 4.88. The van der Waals surface area contributed by atoms with Crippen LogP contribution in [0.5, 0.6) is 0 Å². The van der Waals surface area contributed by atoms with Crippen LogP contribution < -0.4 is 0 Å². The first-order valence-electron chi connectivity index (χ1n) is 10.9. The predicted octanol–water partition coefficient (Wildman–Crippen LogP) is 3.88. The maximum absolute atomic E-state index is 13.0. The van der Waals surface area contributed by atoms with E-state index in [2.05, 4.69) is 31.1 Å². The fraction of sp³-hybridized carbons (Fsp3) is 0.348. The molecule has 8 nitrogen and oxygen atoms in total. The molecule has 0 fully saturated rings. The van der Waals surface area contributed by atoms with Gasteiger partial charge < -0.3 is 9.88 Å². The smallest absolute Gasteiger partial charge is 0.346 e. The number of fused-ring (bicyclic) bond motifs is 2. The van der Waals surface area contributed by atoms with Gasteiger partial charge in [-0.1, -0.05) is 6.08 Å². The number of hydrogen-bond acceptors (Lipinski definition) is 5. The number of H-pyrrole nitrogens is 1. The Morgan fingerprint density at radius 2 is 2.06 bits per heavy atom. The van der Waals surface area contributed by atoms with Crippen molar-refractivity contribution in [3.63, 3.8) is 0 Å². The summed E-state index contributed by atoms with van der Waals surface area (Å²) in [5, 5.41) is 4.62. The molecule has 0 aromatic carbocycles. The van der Waals surface area contributed by atoms with Gasteiger partial charge in [0.2, 0.25) is 5.91 Å². The molecule has 176 valence electrons. The van der Waals surface area contributed by atoms with Crippen LogP contribution in [0.25, 0.3) is 22.4 Å². The first-order valence-corrected chi connectivity index (χ1v) is 10.9. The Morgan fingerprint density at radius 3 is 2.79 bits per heavy atom. The second-order valence-electron chi connectivity index (χ2n) is 8.33. The number of aromatic amines is 1. The Balaban J connectivity index is 1.28. The van der Waals surface area contributed by atoms with Gasteiger partial charge in [-0.2, -0.15) is 18.2 Å². The zero-order valence-electron chi connectivity index (χ0n) is 18.6. The van der Waals surface area contributed by atoms with Crippen molar-refractivity contribution in [3.8, 4) is 0 Å². The Hall–Kier alpha value is -3.76. The van der Waals surface area contributed by atoms with Crippen molar-refractivity contribution < 1.29 is 18.0 Å². The zero-order chi connectivity index (χ0) is 24.0. The molecule has 1 aliphatic rings. The molecule has 1 aliphatic heterocycles. The van der Waals surface area contributed by atoms with Crippen LogP contribution >= 0.6 is 0 Å². The third kappa shape index (κ3) is 3.91. The maximum atomic E-state index is 13.0. The minimum Gasteiger partial charge on any atom is -0.346 e. The summed E-state index contributed by atoms with van der Waals surface area (Å²) in [7, 11) is 0. The van der Waals surface area contributed by atoms with E-state index in [9.17, 15) is 18.0 Å². The second kappa shape index (κ2) is 8.23. The molecule has 0 aliphatic carbocycles. The van der Waals surface area contributed by atoms with Crippen LogP contribution in [0.3, 0.4) is 0 Å². The molecule has 0 spiro atoms. The van der Waals surface area contributed by atoms with Crippen molar-refractivity contribution in [3.05, 3.63) is 58.9 Å². The molecule has 0 saturated carbocycles. The molecular formula is C23H22F3N7O. The highest BCUT2D eigenvalue weighted by atomic mass is 19.4. The van der Waals surface area contributed by atoms with Crippen LogP contribution in [0.15, 0.2) is 30.6 Å². The number of halogens is 3. The van der Waals surface area contributed by atoms with Crippen molar-refractivity contribution in [1.29, 1.82) is 0 Å². The van der Waals surface area contributed by atoms with Gasteiger partial charge in [0.15, 0.2) is 0 Å². The van der Waals surface area contributed by atoms with E-state index in [0.717, 1.165) is 27.5 Å². The molecule has 1 amide bonds. The summed E-state index contributed by atoms with van der Waals surface area (Å²) in [6, 6.07) is 3.92. The molecule has 0 unspecified atom stereocenters. The zero-order valence-corrected chi connectivity index (χ0v) is 18.6. The molecule has 5 rings (SSSR count). The summed E-state index contributed by atoms with van der Waals surface area (Å²) >= 11 is 0. The van der Waals surface area contributed by atoms with Gasteiger partial charge in [0, 0.05) is 54.2 Å². The average Bonchev–Trinajstić information content (AvgIpc) is 3.43. The standard InChI is InChI=1S/C23H22F3N7O/c1-13-16(14(2)33-22(29-13)30-21(31-33)23(24,25)26)5-6-19(34)32-10-7-15(8-11-32)18-12-28-20-17(18)4-3-9-27-20/h3-4,7,9,12H,5-6,8,10-11H2,1-2H3,(H,27,28). The predicted molar refractivity (Wildman–Crippen MR) is 119 cm³/mol. The Labute approximate surface area is 192 Å². The van der Waals surface area contributed by atoms with E-state index in [1.165, 1.54) is 5.57 Å². The van der Waals surface area contributed by atoms with Crippen molar-refractivity contribution in [2.24, 2.45) is 0 Å². The van der Waals surface area contributed by atoms with Crippen molar-refractivity contribution in [2.45, 2.75) is 39.3 Å². The first-order chi connectivity index (χ1) is 16.2. The highest BCUT2D eigenvalue weighted by Crippen LogP contribution is 2.29. The molecule has 1 N–H and O–H groups in total. The normalized spacial score (nSPS) is 14.7. The monoisotopic (exact) mass is 469 g/mol. The number of aromatic nitrogens is 6. The third-order valence-corrected chi connectivity index (χ3v) is 6.25. The van der Waals surface area contributed by atoms with E-state index < -0.39 is 12.0 Å². The highest BCUT2D eigenvalue weighted by molar-refractivity contribution is 5.91. The number of nitrogens with one attached hydrogen (secondary N) is 1. The van der Waals surface area contributed by atoms with Crippen molar-refractivity contribution in [2.75, 3.05) is 13.1 Å². The molecule has 34 heavy (non-hydrogen) atoms. The number of carbonyl (C=O) groups excluding carboxylic acids is 1. The van der Waals surface area contributed by atoms with E-state index in [-0.39, 0.29) is 18.1 Å². The molecule has 0 radical (unpaired) electrons. The van der Waals surface area contributed by atoms with Crippen molar-refractivity contribution in [1.82, 2.24) is 34.4 Å². The third-order valence-electron chi connectivity index (χ3n) is 6.25. The Morgan fingerprint density at radius 1 is 1.24 bits per heavy atom. The highest BCUT2D eigenvalue weighted by Gasteiger charge is 2.37. The van der Waals surface area contributed by atoms with E-state index in [4.69, 9.17) is 0 Å². The van der Waals surface area contributed by atoms with Gasteiger partial charge in [-0.25, -0.2) is 14.5 Å². The lowest BCUT2D eigenvalue weighted by atomic mass is 9.99. The number of carbonyl (C=O) groups is 1. The lowest BCUT2D eigenvalue weighted by molar-refractivity contribution is -0.144. The Kier molecular flexibility index (Phi) is 5.34. The minimum atomic E-state index is -4.64. The average molecular weight is 469 g/mol. The number of hydrogen-bond donors (Lipinski definition) is 1. The van der Waals surface area contributed by atoms with Crippen LogP contribution in [0.1, 0.15) is 41.2 Å². The summed E-state index contributed by atoms with van der Waals surface area (Å²) in [4.78, 5) is 29.8. The lowest BCUT2D eigenvalue weighted by Crippen LogP contribution is -2.34. The van der Waals surface area contributed by atoms with Gasteiger partial charge in [0.1, 0.15) is 5.65 Å². The number of nitrogens with zero attached hydrogens (tertiary/aromatic N) is 6. The van der Waals surface area contributed by atoms with Gasteiger partial charge in [-0.05, 0) is 50.0 Å². The molecular weight excluding hydrogens is 447 g/mol. The van der Waals surface area contributed by atoms with Gasteiger partial charge >= 0.3 is 6.18 Å². The molecule has 4 aromatic heterocycles. The van der Waals surface area contributed by atoms with Gasteiger partial charge in [0.05, 0.1) is 0 Å². The van der Waals surface area contributed by atoms with Gasteiger partial charge in [-0.15, -0.1) is 5.10 Å². The van der Waals surface area contributed by atoms with Crippen LogP contribution in [-0.2, 0) is 17.4 Å². The minimum absolute atomic E-state index is 0.00985. The second-order valence-corrected chi connectivity index (χ2v) is 8.33. The van der Waals surface area contributed by atoms with Crippen LogP contribution in [0.2, 0.25) is 0 Å². The van der Waals surface area contributed by atoms with Gasteiger partial charge in [0.25, 0.3) is 11.6 Å². The molecule has 0 atom stereocenters. The Bertz CT molecular complexity index is 1430. The molecule has 4 aromatic rings. The fourth-order valence-electron chi connectivity index (χ4n) is 4.44. The van der Waals surface area contributed by atoms with Crippen LogP contribution in [0.4, 0.5) is 13.2 Å². The first kappa shape index (κ1) is 22.1. The van der Waals surface area contributed by atoms with Crippen molar-refractivity contribution >= 4 is 28.3 Å². The molecule has 0 saturated heterocycles. The van der Waals surface area contributed by atoms with Crippen LogP contribution in [0, 0.1) is 13.8 Å².